The summed E-state index contributed by atoms with van der Waals surface area (Å²) < 4.78 is 37.5. The van der Waals surface area contributed by atoms with Gasteiger partial charge in [0.15, 0.2) is 0 Å². The third-order valence-corrected chi connectivity index (χ3v) is 4.88. The SMILES string of the molecule is CCC(C)(C)C1CCC(N)C(N(C)CC(F)(F)F)C1. The van der Waals surface area contributed by atoms with Crippen molar-refractivity contribution in [1.82, 2.24) is 4.90 Å². The van der Waals surface area contributed by atoms with Crippen molar-refractivity contribution in [3.63, 3.8) is 0 Å². The van der Waals surface area contributed by atoms with Gasteiger partial charge in [-0.05, 0) is 37.6 Å². The number of hydrogen-bond donors (Lipinski definition) is 1. The summed E-state index contributed by atoms with van der Waals surface area (Å²) in [6.45, 7) is 5.68. The Kier molecular flexibility index (Phi) is 5.29. The Bertz CT molecular complexity index is 289. The van der Waals surface area contributed by atoms with Crippen LogP contribution in [0.25, 0.3) is 0 Å². The van der Waals surface area contributed by atoms with Crippen LogP contribution < -0.4 is 5.73 Å². The predicted octanol–water partition coefficient (Wildman–Crippen LogP) is 3.41. The van der Waals surface area contributed by atoms with E-state index in [4.69, 9.17) is 5.73 Å². The van der Waals surface area contributed by atoms with Gasteiger partial charge >= 0.3 is 6.18 Å². The molecular formula is C14H27F3N2. The molecule has 1 aliphatic carbocycles. The number of likely N-dealkylation sites (N-methyl/N-ethyl adjacent to an activating group) is 1. The molecule has 3 atom stereocenters. The first-order valence-corrected chi connectivity index (χ1v) is 7.09. The van der Waals surface area contributed by atoms with E-state index in [0.29, 0.717) is 5.92 Å². The van der Waals surface area contributed by atoms with Crippen LogP contribution in [0.5, 0.6) is 0 Å². The Morgan fingerprint density at radius 2 is 1.79 bits per heavy atom. The maximum atomic E-state index is 12.5. The molecule has 1 saturated carbocycles. The molecule has 0 spiro atoms. The van der Waals surface area contributed by atoms with Crippen LogP contribution >= 0.6 is 0 Å². The second-order valence-corrected chi connectivity index (χ2v) is 6.61. The monoisotopic (exact) mass is 280 g/mol. The van der Waals surface area contributed by atoms with Crippen molar-refractivity contribution in [2.45, 2.75) is 64.7 Å². The number of hydrogen-bond acceptors (Lipinski definition) is 2. The van der Waals surface area contributed by atoms with Crippen molar-refractivity contribution in [1.29, 1.82) is 0 Å². The third kappa shape index (κ3) is 4.63. The minimum absolute atomic E-state index is 0.142. The van der Waals surface area contributed by atoms with Crippen molar-refractivity contribution < 1.29 is 13.2 Å². The van der Waals surface area contributed by atoms with Crippen LogP contribution in [0, 0.1) is 11.3 Å². The molecule has 0 aromatic carbocycles. The Hall–Kier alpha value is -0.290. The summed E-state index contributed by atoms with van der Waals surface area (Å²) in [4.78, 5) is 1.39. The van der Waals surface area contributed by atoms with E-state index in [9.17, 15) is 13.2 Å². The summed E-state index contributed by atoms with van der Waals surface area (Å²) in [5, 5.41) is 0. The molecule has 1 aliphatic rings. The van der Waals surface area contributed by atoms with Crippen molar-refractivity contribution in [3.8, 4) is 0 Å². The fourth-order valence-electron chi connectivity index (χ4n) is 3.08. The van der Waals surface area contributed by atoms with E-state index >= 15 is 0 Å². The number of alkyl halides is 3. The molecule has 5 heteroatoms. The molecule has 3 unspecified atom stereocenters. The van der Waals surface area contributed by atoms with Crippen LogP contribution in [-0.2, 0) is 0 Å². The Morgan fingerprint density at radius 3 is 2.26 bits per heavy atom. The zero-order valence-corrected chi connectivity index (χ0v) is 12.4. The largest absolute Gasteiger partial charge is 0.401 e. The van der Waals surface area contributed by atoms with Gasteiger partial charge < -0.3 is 5.73 Å². The van der Waals surface area contributed by atoms with E-state index in [0.717, 1.165) is 25.7 Å². The second-order valence-electron chi connectivity index (χ2n) is 6.61. The topological polar surface area (TPSA) is 29.3 Å². The van der Waals surface area contributed by atoms with E-state index < -0.39 is 12.7 Å². The average Bonchev–Trinajstić information content (AvgIpc) is 2.26. The van der Waals surface area contributed by atoms with E-state index in [1.165, 1.54) is 4.90 Å². The summed E-state index contributed by atoms with van der Waals surface area (Å²) in [5.74, 6) is 0.456. The second kappa shape index (κ2) is 6.00. The molecule has 0 aliphatic heterocycles. The lowest BCUT2D eigenvalue weighted by molar-refractivity contribution is -0.150. The molecule has 0 bridgehead atoms. The molecule has 0 saturated heterocycles. The minimum Gasteiger partial charge on any atom is -0.326 e. The van der Waals surface area contributed by atoms with Crippen LogP contribution in [-0.4, -0.2) is 36.8 Å². The third-order valence-electron chi connectivity index (χ3n) is 4.88. The van der Waals surface area contributed by atoms with Crippen LogP contribution in [0.1, 0.15) is 46.5 Å². The Balaban J connectivity index is 2.71. The van der Waals surface area contributed by atoms with Gasteiger partial charge in [-0.15, -0.1) is 0 Å². The number of nitrogens with two attached hydrogens (primary N) is 1. The lowest BCUT2D eigenvalue weighted by Gasteiger charge is -2.45. The number of rotatable bonds is 4. The summed E-state index contributed by atoms with van der Waals surface area (Å²) in [6.07, 6.45) is -0.488. The van der Waals surface area contributed by atoms with Crippen LogP contribution in [0.2, 0.25) is 0 Å². The van der Waals surface area contributed by atoms with E-state index in [1.807, 2.05) is 0 Å². The molecular weight excluding hydrogens is 253 g/mol. The van der Waals surface area contributed by atoms with Crippen molar-refractivity contribution in [3.05, 3.63) is 0 Å². The molecule has 1 fully saturated rings. The van der Waals surface area contributed by atoms with Gasteiger partial charge in [0.05, 0.1) is 6.54 Å². The fraction of sp³-hybridized carbons (Fsp3) is 1.00. The maximum Gasteiger partial charge on any atom is 0.401 e. The summed E-state index contributed by atoms with van der Waals surface area (Å²) in [5.41, 5.74) is 6.21. The van der Waals surface area contributed by atoms with Crippen LogP contribution in [0.4, 0.5) is 13.2 Å². The van der Waals surface area contributed by atoms with E-state index in [1.54, 1.807) is 7.05 Å². The minimum atomic E-state index is -4.15. The molecule has 0 aromatic heterocycles. The zero-order valence-electron chi connectivity index (χ0n) is 12.4. The van der Waals surface area contributed by atoms with Crippen LogP contribution in [0.15, 0.2) is 0 Å². The molecule has 2 nitrogen and oxygen atoms in total. The molecule has 0 radical (unpaired) electrons. The highest BCUT2D eigenvalue weighted by atomic mass is 19.4. The number of nitrogens with zero attached hydrogens (tertiary/aromatic N) is 1. The van der Waals surface area contributed by atoms with Crippen molar-refractivity contribution in [2.75, 3.05) is 13.6 Å². The average molecular weight is 280 g/mol. The highest BCUT2D eigenvalue weighted by Crippen LogP contribution is 2.41. The van der Waals surface area contributed by atoms with Crippen molar-refractivity contribution >= 4 is 0 Å². The van der Waals surface area contributed by atoms with Gasteiger partial charge in [0, 0.05) is 12.1 Å². The van der Waals surface area contributed by atoms with E-state index in [2.05, 4.69) is 20.8 Å². The molecule has 0 amide bonds. The van der Waals surface area contributed by atoms with Gasteiger partial charge in [-0.25, -0.2) is 0 Å². The van der Waals surface area contributed by atoms with E-state index in [-0.39, 0.29) is 17.5 Å². The van der Waals surface area contributed by atoms with Gasteiger partial charge in [-0.3, -0.25) is 4.90 Å². The molecule has 0 aromatic rings. The highest BCUT2D eigenvalue weighted by molar-refractivity contribution is 4.93. The maximum absolute atomic E-state index is 12.5. The summed E-state index contributed by atoms with van der Waals surface area (Å²) in [6, 6.07) is -0.303. The van der Waals surface area contributed by atoms with Gasteiger partial charge in [0.2, 0.25) is 0 Å². The summed E-state index contributed by atoms with van der Waals surface area (Å²) in [7, 11) is 1.54. The Morgan fingerprint density at radius 1 is 1.21 bits per heavy atom. The first kappa shape index (κ1) is 16.8. The molecule has 0 heterocycles. The van der Waals surface area contributed by atoms with Crippen LogP contribution in [0.3, 0.4) is 0 Å². The number of halogens is 3. The van der Waals surface area contributed by atoms with Gasteiger partial charge in [0.25, 0.3) is 0 Å². The first-order valence-electron chi connectivity index (χ1n) is 7.09. The standard InChI is InChI=1S/C14H27F3N2/c1-5-13(2,3)10-6-7-11(18)12(8-10)19(4)9-14(15,16)17/h10-12H,5-9,18H2,1-4H3. The van der Waals surface area contributed by atoms with Gasteiger partial charge in [-0.2, -0.15) is 13.2 Å². The molecule has 1 rings (SSSR count). The quantitative estimate of drug-likeness (QED) is 0.855. The first-order chi connectivity index (χ1) is 8.57. The normalized spacial score (nSPS) is 29.8. The highest BCUT2D eigenvalue weighted by Gasteiger charge is 2.40. The lowest BCUT2D eigenvalue weighted by atomic mass is 9.67. The predicted molar refractivity (Wildman–Crippen MR) is 71.9 cm³/mol. The van der Waals surface area contributed by atoms with Crippen molar-refractivity contribution in [2.24, 2.45) is 17.1 Å². The lowest BCUT2D eigenvalue weighted by Crippen LogP contribution is -2.53. The zero-order chi connectivity index (χ0) is 14.8. The smallest absolute Gasteiger partial charge is 0.326 e. The Labute approximate surface area is 114 Å². The molecule has 2 N–H and O–H groups in total. The van der Waals surface area contributed by atoms with Gasteiger partial charge in [-0.1, -0.05) is 27.2 Å². The molecule has 114 valence electrons. The fourth-order valence-corrected chi connectivity index (χ4v) is 3.08. The van der Waals surface area contributed by atoms with Gasteiger partial charge in [0.1, 0.15) is 0 Å². The molecule has 19 heavy (non-hydrogen) atoms. The summed E-state index contributed by atoms with van der Waals surface area (Å²) >= 11 is 0.